The van der Waals surface area contributed by atoms with Gasteiger partial charge in [0, 0.05) is 17.8 Å². The van der Waals surface area contributed by atoms with Gasteiger partial charge in [0.25, 0.3) is 0 Å². The predicted octanol–water partition coefficient (Wildman–Crippen LogP) is 3.97. The number of anilines is 4. The highest BCUT2D eigenvalue weighted by Gasteiger charge is 2.35. The van der Waals surface area contributed by atoms with Gasteiger partial charge in [-0.2, -0.15) is 15.0 Å². The van der Waals surface area contributed by atoms with E-state index in [0.717, 1.165) is 32.4 Å². The van der Waals surface area contributed by atoms with E-state index in [1.165, 1.54) is 26.0 Å². The lowest BCUT2D eigenvalue weighted by molar-refractivity contribution is 0.216. The lowest BCUT2D eigenvalue weighted by Crippen LogP contribution is -2.47. The zero-order valence-electron chi connectivity index (χ0n) is 18.7. The van der Waals surface area contributed by atoms with Crippen molar-refractivity contribution in [3.8, 4) is 5.75 Å². The summed E-state index contributed by atoms with van der Waals surface area (Å²) in [6, 6.07) is 5.17. The molecule has 0 bridgehead atoms. The quantitative estimate of drug-likeness (QED) is 0.529. The number of nitrogens with zero attached hydrogens (tertiary/aromatic N) is 4. The van der Waals surface area contributed by atoms with E-state index in [2.05, 4.69) is 49.6 Å². The molecule has 0 saturated carbocycles. The van der Waals surface area contributed by atoms with Gasteiger partial charge in [-0.15, -0.1) is 0 Å². The number of likely N-dealkylation sites (N-methyl/N-ethyl adjacent to an activating group) is 1. The first-order chi connectivity index (χ1) is 15.6. The van der Waals surface area contributed by atoms with E-state index in [0.29, 0.717) is 23.6 Å². The summed E-state index contributed by atoms with van der Waals surface area (Å²) in [5.74, 6) is 0.917. The maximum atomic E-state index is 14.1. The number of nitrogens with two attached hydrogens (primary N) is 1. The molecule has 1 aromatic carbocycles. The molecule has 2 aliphatic rings. The molecule has 1 saturated heterocycles. The Morgan fingerprint density at radius 3 is 2.78 bits per heavy atom. The van der Waals surface area contributed by atoms with Crippen LogP contribution in [0.15, 0.2) is 30.4 Å². The fourth-order valence-electron chi connectivity index (χ4n) is 4.81. The minimum atomic E-state index is -0.470. The molecule has 0 spiro atoms. The molecule has 2 heterocycles. The number of allylic oxidation sites excluding steroid dienone is 1. The standard InChI is InChI=1S/C23H32FN7O/c1-3-31-13-7-10-18(31)20(15-8-5-4-6-9-15)27-23-29-21(25)28-22(30-23)26-16-11-12-19(32-2)17(24)14-16/h5,8,11-12,14-15,18,20H,3-4,6-7,9-10,13H2,1-2H3,(H4,25,26,27,28,29,30). The third kappa shape index (κ3) is 5.09. The van der Waals surface area contributed by atoms with Crippen molar-refractivity contribution in [1.29, 1.82) is 0 Å². The van der Waals surface area contributed by atoms with Crippen molar-refractivity contribution < 1.29 is 9.13 Å². The normalized spacial score (nSPS) is 22.0. The molecule has 3 atom stereocenters. The van der Waals surface area contributed by atoms with Crippen molar-refractivity contribution in [2.75, 3.05) is 36.6 Å². The molecule has 0 amide bonds. The molecule has 1 aromatic heterocycles. The molecule has 8 nitrogen and oxygen atoms in total. The van der Waals surface area contributed by atoms with E-state index in [-0.39, 0.29) is 23.7 Å². The van der Waals surface area contributed by atoms with Crippen molar-refractivity contribution in [3.63, 3.8) is 0 Å². The number of nitrogen functional groups attached to an aromatic ring is 1. The third-order valence-electron chi connectivity index (χ3n) is 6.34. The number of rotatable bonds is 8. The van der Waals surface area contributed by atoms with Crippen molar-refractivity contribution in [1.82, 2.24) is 19.9 Å². The van der Waals surface area contributed by atoms with Crippen LogP contribution in [0.3, 0.4) is 0 Å². The fraction of sp³-hybridized carbons (Fsp3) is 0.522. The SMILES string of the molecule is CCN1CCCC1C(Nc1nc(N)nc(Nc2ccc(OC)c(F)c2)n1)C1C=CCCC1. The lowest BCUT2D eigenvalue weighted by atomic mass is 9.84. The summed E-state index contributed by atoms with van der Waals surface area (Å²) in [6.45, 7) is 4.35. The number of nitrogens with one attached hydrogen (secondary N) is 2. The van der Waals surface area contributed by atoms with Crippen LogP contribution in [0.25, 0.3) is 0 Å². The van der Waals surface area contributed by atoms with Gasteiger partial charge in [0.2, 0.25) is 17.8 Å². The van der Waals surface area contributed by atoms with E-state index >= 15 is 0 Å². The Bertz CT molecular complexity index is 954. The van der Waals surface area contributed by atoms with E-state index in [1.54, 1.807) is 12.1 Å². The summed E-state index contributed by atoms with van der Waals surface area (Å²) in [6.07, 6.45) is 10.4. The van der Waals surface area contributed by atoms with Crippen molar-refractivity contribution in [3.05, 3.63) is 36.2 Å². The summed E-state index contributed by atoms with van der Waals surface area (Å²) in [5, 5.41) is 6.60. The topological polar surface area (TPSA) is 101 Å². The smallest absolute Gasteiger partial charge is 0.233 e. The summed E-state index contributed by atoms with van der Waals surface area (Å²) in [4.78, 5) is 15.6. The zero-order valence-corrected chi connectivity index (χ0v) is 18.7. The van der Waals surface area contributed by atoms with Crippen LogP contribution in [0.1, 0.15) is 39.0 Å². The number of benzene rings is 1. The molecule has 1 aliphatic carbocycles. The van der Waals surface area contributed by atoms with Gasteiger partial charge < -0.3 is 21.1 Å². The first-order valence-corrected chi connectivity index (χ1v) is 11.4. The van der Waals surface area contributed by atoms with Crippen LogP contribution in [0.5, 0.6) is 5.75 Å². The van der Waals surface area contributed by atoms with Gasteiger partial charge in [-0.25, -0.2) is 4.39 Å². The van der Waals surface area contributed by atoms with Crippen LogP contribution in [0.4, 0.5) is 27.9 Å². The molecule has 4 N–H and O–H groups in total. The van der Waals surface area contributed by atoms with Gasteiger partial charge in [0.05, 0.1) is 13.2 Å². The Morgan fingerprint density at radius 2 is 2.06 bits per heavy atom. The third-order valence-corrected chi connectivity index (χ3v) is 6.34. The Kier molecular flexibility index (Phi) is 7.04. The van der Waals surface area contributed by atoms with E-state index in [1.807, 2.05) is 0 Å². The highest BCUT2D eigenvalue weighted by molar-refractivity contribution is 5.56. The lowest BCUT2D eigenvalue weighted by Gasteiger charge is -2.36. The fourth-order valence-corrected chi connectivity index (χ4v) is 4.81. The molecule has 32 heavy (non-hydrogen) atoms. The van der Waals surface area contributed by atoms with E-state index < -0.39 is 5.82 Å². The van der Waals surface area contributed by atoms with Gasteiger partial charge in [-0.1, -0.05) is 19.1 Å². The van der Waals surface area contributed by atoms with Crippen LogP contribution in [0, 0.1) is 11.7 Å². The summed E-state index contributed by atoms with van der Waals surface area (Å²) >= 11 is 0. The molecular weight excluding hydrogens is 409 g/mol. The average Bonchev–Trinajstić information content (AvgIpc) is 3.26. The highest BCUT2D eigenvalue weighted by atomic mass is 19.1. The first kappa shape index (κ1) is 22.3. The minimum Gasteiger partial charge on any atom is -0.494 e. The minimum absolute atomic E-state index is 0.107. The number of aromatic nitrogens is 3. The number of hydrogen-bond acceptors (Lipinski definition) is 8. The highest BCUT2D eigenvalue weighted by Crippen LogP contribution is 2.31. The molecule has 172 valence electrons. The molecule has 9 heteroatoms. The largest absolute Gasteiger partial charge is 0.494 e. The molecule has 4 rings (SSSR count). The Morgan fingerprint density at radius 1 is 1.22 bits per heavy atom. The van der Waals surface area contributed by atoms with Gasteiger partial charge in [-0.05, 0) is 63.2 Å². The molecule has 3 unspecified atom stereocenters. The van der Waals surface area contributed by atoms with Crippen molar-refractivity contribution >= 4 is 23.5 Å². The number of halogens is 1. The summed E-state index contributed by atoms with van der Waals surface area (Å²) in [5.41, 5.74) is 6.49. The van der Waals surface area contributed by atoms with Crippen molar-refractivity contribution in [2.24, 2.45) is 5.92 Å². The maximum absolute atomic E-state index is 14.1. The molecule has 0 radical (unpaired) electrons. The number of likely N-dealkylation sites (tertiary alicyclic amines) is 1. The molecule has 2 aromatic rings. The summed E-state index contributed by atoms with van der Waals surface area (Å²) in [7, 11) is 1.43. The van der Waals surface area contributed by atoms with Crippen LogP contribution in [-0.2, 0) is 0 Å². The second-order valence-electron chi connectivity index (χ2n) is 8.35. The van der Waals surface area contributed by atoms with Gasteiger partial charge in [0.15, 0.2) is 11.6 Å². The summed E-state index contributed by atoms with van der Waals surface area (Å²) < 4.78 is 19.0. The monoisotopic (exact) mass is 441 g/mol. The van der Waals surface area contributed by atoms with Gasteiger partial charge in [-0.3, -0.25) is 4.90 Å². The van der Waals surface area contributed by atoms with Crippen molar-refractivity contribution in [2.45, 2.75) is 51.1 Å². The first-order valence-electron chi connectivity index (χ1n) is 11.4. The number of methoxy groups -OCH3 is 1. The second-order valence-corrected chi connectivity index (χ2v) is 8.35. The van der Waals surface area contributed by atoms with Gasteiger partial charge >= 0.3 is 0 Å². The van der Waals surface area contributed by atoms with Crippen LogP contribution in [-0.4, -0.2) is 52.1 Å². The van der Waals surface area contributed by atoms with E-state index in [4.69, 9.17) is 10.5 Å². The maximum Gasteiger partial charge on any atom is 0.233 e. The van der Waals surface area contributed by atoms with Gasteiger partial charge in [0.1, 0.15) is 0 Å². The number of hydrogen-bond donors (Lipinski definition) is 3. The average molecular weight is 442 g/mol. The zero-order chi connectivity index (χ0) is 22.5. The van der Waals surface area contributed by atoms with Crippen LogP contribution in [0.2, 0.25) is 0 Å². The Hall–Kier alpha value is -2.94. The molecular formula is C23H32FN7O. The van der Waals surface area contributed by atoms with E-state index in [9.17, 15) is 4.39 Å². The second kappa shape index (κ2) is 10.1. The Labute approximate surface area is 188 Å². The predicted molar refractivity (Wildman–Crippen MR) is 125 cm³/mol. The Balaban J connectivity index is 1.57. The van der Waals surface area contributed by atoms with Crippen LogP contribution >= 0.6 is 0 Å². The number of ether oxygens (including phenoxy) is 1. The molecule has 1 aliphatic heterocycles. The molecule has 1 fully saturated rings. The van der Waals surface area contributed by atoms with Crippen LogP contribution < -0.4 is 21.1 Å².